The highest BCUT2D eigenvalue weighted by molar-refractivity contribution is 5.76. The molecule has 4 nitrogen and oxygen atoms in total. The van der Waals surface area contributed by atoms with Crippen molar-refractivity contribution in [2.75, 3.05) is 6.54 Å². The Balaban J connectivity index is 1.65. The number of benzene rings is 2. The minimum absolute atomic E-state index is 0.119. The zero-order valence-electron chi connectivity index (χ0n) is 15.5. The summed E-state index contributed by atoms with van der Waals surface area (Å²) in [6.07, 6.45) is 6.75. The molecule has 2 aromatic carbocycles. The predicted molar refractivity (Wildman–Crippen MR) is 108 cm³/mol. The van der Waals surface area contributed by atoms with Crippen LogP contribution in [0.2, 0.25) is 0 Å². The van der Waals surface area contributed by atoms with Gasteiger partial charge >= 0.3 is 0 Å². The van der Waals surface area contributed by atoms with Crippen LogP contribution in [0.4, 0.5) is 0 Å². The van der Waals surface area contributed by atoms with Crippen molar-refractivity contribution in [2.45, 2.75) is 25.9 Å². The first-order chi connectivity index (χ1) is 13.3. The number of hydrogen-bond donors (Lipinski definition) is 0. The van der Waals surface area contributed by atoms with Gasteiger partial charge in [-0.3, -0.25) is 4.79 Å². The molecule has 0 aliphatic rings. The van der Waals surface area contributed by atoms with E-state index in [9.17, 15) is 4.79 Å². The van der Waals surface area contributed by atoms with Gasteiger partial charge in [0.25, 0.3) is 0 Å². The highest BCUT2D eigenvalue weighted by Crippen LogP contribution is 2.11. The van der Waals surface area contributed by atoms with Crippen LogP contribution in [-0.2, 0) is 24.3 Å². The average Bonchev–Trinajstić information content (AvgIpc) is 3.14. The zero-order valence-corrected chi connectivity index (χ0v) is 15.5. The number of hydrogen-bond acceptors (Lipinski definition) is 2. The number of nitrogens with zero attached hydrogens (tertiary/aromatic N) is 3. The van der Waals surface area contributed by atoms with E-state index in [1.165, 1.54) is 11.1 Å². The largest absolute Gasteiger partial charge is 0.332 e. The van der Waals surface area contributed by atoms with Crippen molar-refractivity contribution >= 4 is 5.91 Å². The lowest BCUT2D eigenvalue weighted by molar-refractivity contribution is -0.131. The normalized spacial score (nSPS) is 10.5. The molecule has 1 aromatic heterocycles. The molecule has 138 valence electrons. The lowest BCUT2D eigenvalue weighted by atomic mass is 10.1. The highest BCUT2D eigenvalue weighted by Gasteiger charge is 2.15. The van der Waals surface area contributed by atoms with Gasteiger partial charge in [0.2, 0.25) is 5.91 Å². The molecule has 0 saturated carbocycles. The van der Waals surface area contributed by atoms with Crippen molar-refractivity contribution in [3.05, 3.63) is 103 Å². The molecule has 0 unspecified atom stereocenters. The number of carbonyl (C=O) groups is 1. The SMILES string of the molecule is C=CCN(Cc1nccn1Cc1ccccc1)C(=O)CCc1ccccc1. The Morgan fingerprint density at radius 3 is 2.37 bits per heavy atom. The van der Waals surface area contributed by atoms with Gasteiger partial charge in [0.15, 0.2) is 0 Å². The van der Waals surface area contributed by atoms with E-state index in [1.54, 1.807) is 12.3 Å². The second-order valence-electron chi connectivity index (χ2n) is 6.51. The summed E-state index contributed by atoms with van der Waals surface area (Å²) in [5.74, 6) is 1.00. The average molecular weight is 359 g/mol. The summed E-state index contributed by atoms with van der Waals surface area (Å²) in [5, 5.41) is 0. The van der Waals surface area contributed by atoms with E-state index in [4.69, 9.17) is 0 Å². The molecule has 0 bridgehead atoms. The van der Waals surface area contributed by atoms with Crippen LogP contribution in [0.25, 0.3) is 0 Å². The summed E-state index contributed by atoms with van der Waals surface area (Å²) in [7, 11) is 0. The molecule has 0 saturated heterocycles. The van der Waals surface area contributed by atoms with Gasteiger partial charge in [-0.05, 0) is 17.5 Å². The summed E-state index contributed by atoms with van der Waals surface area (Å²) in [4.78, 5) is 19.0. The minimum atomic E-state index is 0.119. The van der Waals surface area contributed by atoms with E-state index in [2.05, 4.69) is 40.4 Å². The Labute approximate surface area is 160 Å². The smallest absolute Gasteiger partial charge is 0.223 e. The summed E-state index contributed by atoms with van der Waals surface area (Å²) in [6.45, 7) is 5.55. The second-order valence-corrected chi connectivity index (χ2v) is 6.51. The van der Waals surface area contributed by atoms with Gasteiger partial charge in [-0.2, -0.15) is 0 Å². The van der Waals surface area contributed by atoms with Crippen molar-refractivity contribution in [2.24, 2.45) is 0 Å². The van der Waals surface area contributed by atoms with Crippen molar-refractivity contribution in [3.8, 4) is 0 Å². The second kappa shape index (κ2) is 9.53. The maximum atomic E-state index is 12.7. The van der Waals surface area contributed by atoms with Gasteiger partial charge in [-0.1, -0.05) is 66.7 Å². The van der Waals surface area contributed by atoms with Crippen molar-refractivity contribution < 1.29 is 4.79 Å². The third kappa shape index (κ3) is 5.42. The molecule has 3 aromatic rings. The Morgan fingerprint density at radius 1 is 1.04 bits per heavy atom. The van der Waals surface area contributed by atoms with Crippen molar-refractivity contribution in [1.29, 1.82) is 0 Å². The molecule has 1 heterocycles. The first kappa shape index (κ1) is 18.6. The number of aromatic nitrogens is 2. The summed E-state index contributed by atoms with van der Waals surface area (Å²) in [6, 6.07) is 20.4. The third-order valence-corrected chi connectivity index (χ3v) is 4.50. The van der Waals surface area contributed by atoms with Gasteiger partial charge in [-0.25, -0.2) is 4.98 Å². The van der Waals surface area contributed by atoms with Crippen LogP contribution < -0.4 is 0 Å². The molecule has 4 heteroatoms. The van der Waals surface area contributed by atoms with Crippen LogP contribution >= 0.6 is 0 Å². The fourth-order valence-corrected chi connectivity index (χ4v) is 3.05. The summed E-state index contributed by atoms with van der Waals surface area (Å²) in [5.41, 5.74) is 2.39. The number of imidazole rings is 1. The first-order valence-electron chi connectivity index (χ1n) is 9.23. The van der Waals surface area contributed by atoms with Crippen LogP contribution in [0, 0.1) is 0 Å². The Bertz CT molecular complexity index is 856. The Morgan fingerprint density at radius 2 is 1.70 bits per heavy atom. The molecule has 0 atom stereocenters. The van der Waals surface area contributed by atoms with Crippen molar-refractivity contribution in [3.63, 3.8) is 0 Å². The maximum Gasteiger partial charge on any atom is 0.223 e. The van der Waals surface area contributed by atoms with E-state index in [1.807, 2.05) is 47.5 Å². The highest BCUT2D eigenvalue weighted by atomic mass is 16.2. The lowest BCUT2D eigenvalue weighted by Gasteiger charge is -2.21. The molecule has 0 fully saturated rings. The van der Waals surface area contributed by atoms with Gasteiger partial charge in [0.1, 0.15) is 5.82 Å². The van der Waals surface area contributed by atoms with Gasteiger partial charge in [0.05, 0.1) is 6.54 Å². The molecule has 3 rings (SSSR count). The van der Waals surface area contributed by atoms with Crippen LogP contribution in [0.1, 0.15) is 23.4 Å². The number of carbonyl (C=O) groups excluding carboxylic acids is 1. The maximum absolute atomic E-state index is 12.7. The van der Waals surface area contributed by atoms with E-state index >= 15 is 0 Å². The molecule has 0 spiro atoms. The zero-order chi connectivity index (χ0) is 18.9. The summed E-state index contributed by atoms with van der Waals surface area (Å²) < 4.78 is 2.09. The molecule has 1 amide bonds. The van der Waals surface area contributed by atoms with Crippen LogP contribution in [0.15, 0.2) is 85.7 Å². The van der Waals surface area contributed by atoms with Crippen LogP contribution in [0.5, 0.6) is 0 Å². The molecule has 0 aliphatic heterocycles. The topological polar surface area (TPSA) is 38.1 Å². The number of rotatable bonds is 9. The molecule has 0 radical (unpaired) electrons. The standard InChI is InChI=1S/C23H25N3O/c1-2-16-26(23(27)14-13-20-9-5-3-6-10-20)19-22-24-15-17-25(22)18-21-11-7-4-8-12-21/h2-12,15,17H,1,13-14,16,18-19H2. The van der Waals surface area contributed by atoms with Gasteiger partial charge in [-0.15, -0.1) is 6.58 Å². The van der Waals surface area contributed by atoms with E-state index in [-0.39, 0.29) is 5.91 Å². The molecular formula is C23H25N3O. The fraction of sp³-hybridized carbons (Fsp3) is 0.217. The lowest BCUT2D eigenvalue weighted by Crippen LogP contribution is -2.32. The molecular weight excluding hydrogens is 334 g/mol. The Kier molecular flexibility index (Phi) is 6.58. The van der Waals surface area contributed by atoms with E-state index < -0.39 is 0 Å². The molecule has 0 aliphatic carbocycles. The quantitative estimate of drug-likeness (QED) is 0.540. The number of amides is 1. The van der Waals surface area contributed by atoms with Gasteiger partial charge < -0.3 is 9.47 Å². The first-order valence-corrected chi connectivity index (χ1v) is 9.23. The predicted octanol–water partition coefficient (Wildman–Crippen LogP) is 4.08. The molecule has 27 heavy (non-hydrogen) atoms. The van der Waals surface area contributed by atoms with Crippen LogP contribution in [0.3, 0.4) is 0 Å². The Hall–Kier alpha value is -3.14. The fourth-order valence-electron chi connectivity index (χ4n) is 3.05. The van der Waals surface area contributed by atoms with E-state index in [0.717, 1.165) is 18.8 Å². The monoisotopic (exact) mass is 359 g/mol. The van der Waals surface area contributed by atoms with Crippen LogP contribution in [-0.4, -0.2) is 26.9 Å². The number of aryl methyl sites for hydroxylation is 1. The third-order valence-electron chi connectivity index (χ3n) is 4.50. The van der Waals surface area contributed by atoms with E-state index in [0.29, 0.717) is 19.5 Å². The molecule has 0 N–H and O–H groups in total. The minimum Gasteiger partial charge on any atom is -0.332 e. The summed E-state index contributed by atoms with van der Waals surface area (Å²) >= 11 is 0. The van der Waals surface area contributed by atoms with Gasteiger partial charge in [0, 0.05) is 31.9 Å². The van der Waals surface area contributed by atoms with Crippen molar-refractivity contribution in [1.82, 2.24) is 14.5 Å².